The van der Waals surface area contributed by atoms with Crippen LogP contribution in [0, 0.1) is 10.1 Å². The van der Waals surface area contributed by atoms with Gasteiger partial charge in [0.25, 0.3) is 16.8 Å². The Balaban J connectivity index is 1.78. The first-order chi connectivity index (χ1) is 14.7. The Morgan fingerprint density at radius 1 is 1.35 bits per heavy atom. The van der Waals surface area contributed by atoms with Crippen LogP contribution in [-0.4, -0.2) is 39.6 Å². The monoisotopic (exact) mass is 464 g/mol. The number of non-ortho nitro benzene ring substituents is 1. The molecule has 0 radical (unpaired) electrons. The van der Waals surface area contributed by atoms with Crippen LogP contribution in [-0.2, 0) is 14.3 Å². The molecule has 1 atom stereocenters. The minimum Gasteiger partial charge on any atom is -0.461 e. The van der Waals surface area contributed by atoms with Gasteiger partial charge in [0.2, 0.25) is 0 Å². The lowest BCUT2D eigenvalue weighted by Gasteiger charge is -2.14. The van der Waals surface area contributed by atoms with E-state index in [2.05, 4.69) is 0 Å². The van der Waals surface area contributed by atoms with Gasteiger partial charge in [0.1, 0.15) is 18.1 Å². The fourth-order valence-electron chi connectivity index (χ4n) is 2.63. The third-order valence-electron chi connectivity index (χ3n) is 4.39. The SMILES string of the molecule is CC[C@@H](C)OC(=O)CN1C(=O)S/C(=C/c2ccc(-c3cc([N+](=O)[O-])ccc3Cl)o2)C1=O. The van der Waals surface area contributed by atoms with Crippen LogP contribution in [0.1, 0.15) is 26.0 Å². The number of esters is 1. The zero-order chi connectivity index (χ0) is 22.7. The van der Waals surface area contributed by atoms with Gasteiger partial charge in [0.05, 0.1) is 21.0 Å². The molecular weight excluding hydrogens is 448 g/mol. The lowest BCUT2D eigenvalue weighted by Crippen LogP contribution is -2.35. The molecule has 0 bridgehead atoms. The van der Waals surface area contributed by atoms with Crippen molar-refractivity contribution in [1.29, 1.82) is 0 Å². The van der Waals surface area contributed by atoms with Gasteiger partial charge in [-0.3, -0.25) is 29.4 Å². The molecule has 9 nitrogen and oxygen atoms in total. The van der Waals surface area contributed by atoms with E-state index in [9.17, 15) is 24.5 Å². The third kappa shape index (κ3) is 5.15. The molecule has 0 saturated carbocycles. The Morgan fingerprint density at radius 3 is 2.77 bits per heavy atom. The molecule has 31 heavy (non-hydrogen) atoms. The first-order valence-corrected chi connectivity index (χ1v) is 10.4. The molecule has 3 rings (SSSR count). The summed E-state index contributed by atoms with van der Waals surface area (Å²) in [6, 6.07) is 7.03. The average molecular weight is 465 g/mol. The van der Waals surface area contributed by atoms with Crippen LogP contribution in [0.5, 0.6) is 0 Å². The number of carbonyl (C=O) groups is 3. The number of hydrogen-bond donors (Lipinski definition) is 0. The van der Waals surface area contributed by atoms with E-state index < -0.39 is 28.6 Å². The number of hydrogen-bond acceptors (Lipinski definition) is 8. The molecule has 11 heteroatoms. The summed E-state index contributed by atoms with van der Waals surface area (Å²) >= 11 is 6.79. The number of benzene rings is 1. The molecule has 2 amide bonds. The zero-order valence-electron chi connectivity index (χ0n) is 16.5. The summed E-state index contributed by atoms with van der Waals surface area (Å²) in [5.74, 6) is -0.803. The van der Waals surface area contributed by atoms with E-state index in [-0.39, 0.29) is 33.2 Å². The van der Waals surface area contributed by atoms with Crippen molar-refractivity contribution in [2.24, 2.45) is 0 Å². The van der Waals surface area contributed by atoms with E-state index in [1.54, 1.807) is 13.0 Å². The second kappa shape index (κ2) is 9.36. The molecular formula is C20H17ClN2O7S. The van der Waals surface area contributed by atoms with Gasteiger partial charge in [0.15, 0.2) is 0 Å². The quantitative estimate of drug-likeness (QED) is 0.246. The molecule has 1 aliphatic heterocycles. The number of furan rings is 1. The van der Waals surface area contributed by atoms with Crippen LogP contribution in [0.15, 0.2) is 39.7 Å². The van der Waals surface area contributed by atoms with Gasteiger partial charge < -0.3 is 9.15 Å². The standard InChI is InChI=1S/C20H17ClN2O7S/c1-3-11(2)29-18(24)10-22-19(25)17(31-20(22)26)9-13-5-7-16(30-13)14-8-12(23(27)28)4-6-15(14)21/h4-9,11H,3,10H2,1-2H3/b17-9+/t11-/m1/s1. The molecule has 1 saturated heterocycles. The van der Waals surface area contributed by atoms with E-state index in [0.29, 0.717) is 23.7 Å². The molecule has 0 spiro atoms. The van der Waals surface area contributed by atoms with Gasteiger partial charge in [-0.25, -0.2) is 0 Å². The van der Waals surface area contributed by atoms with Gasteiger partial charge in [-0.2, -0.15) is 0 Å². The molecule has 2 aromatic rings. The Labute approximate surface area is 186 Å². The van der Waals surface area contributed by atoms with E-state index in [0.717, 1.165) is 4.90 Å². The van der Waals surface area contributed by atoms with Crippen molar-refractivity contribution in [2.75, 3.05) is 6.54 Å². The van der Waals surface area contributed by atoms with E-state index in [4.69, 9.17) is 20.8 Å². The number of carbonyl (C=O) groups excluding carboxylic acids is 3. The number of nitro benzene ring substituents is 1. The molecule has 1 aromatic heterocycles. The van der Waals surface area contributed by atoms with Crippen molar-refractivity contribution in [1.82, 2.24) is 4.90 Å². The largest absolute Gasteiger partial charge is 0.461 e. The van der Waals surface area contributed by atoms with Crippen LogP contribution in [0.4, 0.5) is 10.5 Å². The van der Waals surface area contributed by atoms with Crippen molar-refractivity contribution in [2.45, 2.75) is 26.4 Å². The van der Waals surface area contributed by atoms with Crippen LogP contribution in [0.3, 0.4) is 0 Å². The Kier molecular flexibility index (Phi) is 6.81. The zero-order valence-corrected chi connectivity index (χ0v) is 18.1. The van der Waals surface area contributed by atoms with E-state index in [1.165, 1.54) is 30.3 Å². The summed E-state index contributed by atoms with van der Waals surface area (Å²) in [5.41, 5.74) is 0.166. The van der Waals surface area contributed by atoms with Crippen molar-refractivity contribution in [3.8, 4) is 11.3 Å². The molecule has 0 unspecified atom stereocenters. The van der Waals surface area contributed by atoms with E-state index >= 15 is 0 Å². The van der Waals surface area contributed by atoms with Gasteiger partial charge in [-0.1, -0.05) is 18.5 Å². The fraction of sp³-hybridized carbons (Fsp3) is 0.250. The van der Waals surface area contributed by atoms with Crippen LogP contribution < -0.4 is 0 Å². The maximum absolute atomic E-state index is 12.5. The average Bonchev–Trinajstić information content (AvgIpc) is 3.28. The molecule has 1 fully saturated rings. The molecule has 0 aliphatic carbocycles. The van der Waals surface area contributed by atoms with Crippen LogP contribution in [0.25, 0.3) is 17.4 Å². The lowest BCUT2D eigenvalue weighted by molar-refractivity contribution is -0.384. The molecule has 0 N–H and O–H groups in total. The molecule has 2 heterocycles. The smallest absolute Gasteiger partial charge is 0.326 e. The highest BCUT2D eigenvalue weighted by molar-refractivity contribution is 8.18. The molecule has 1 aromatic carbocycles. The number of thioether (sulfide) groups is 1. The molecule has 162 valence electrons. The highest BCUT2D eigenvalue weighted by atomic mass is 35.5. The number of ether oxygens (including phenoxy) is 1. The van der Waals surface area contributed by atoms with Gasteiger partial charge in [-0.05, 0) is 43.3 Å². The summed E-state index contributed by atoms with van der Waals surface area (Å²) in [5, 5.41) is 10.7. The summed E-state index contributed by atoms with van der Waals surface area (Å²) in [7, 11) is 0. The van der Waals surface area contributed by atoms with Crippen molar-refractivity contribution < 1.29 is 28.5 Å². The second-order valence-electron chi connectivity index (χ2n) is 6.60. The number of imide groups is 1. The highest BCUT2D eigenvalue weighted by Gasteiger charge is 2.37. The number of amides is 2. The van der Waals surface area contributed by atoms with Crippen molar-refractivity contribution in [3.63, 3.8) is 0 Å². The fourth-order valence-corrected chi connectivity index (χ4v) is 3.66. The number of nitrogens with zero attached hydrogens (tertiary/aromatic N) is 2. The second-order valence-corrected chi connectivity index (χ2v) is 8.00. The maximum atomic E-state index is 12.5. The third-order valence-corrected chi connectivity index (χ3v) is 5.63. The number of nitro groups is 1. The summed E-state index contributed by atoms with van der Waals surface area (Å²) in [4.78, 5) is 47.9. The van der Waals surface area contributed by atoms with E-state index in [1.807, 2.05) is 6.92 Å². The predicted octanol–water partition coefficient (Wildman–Crippen LogP) is 4.89. The van der Waals surface area contributed by atoms with Gasteiger partial charge in [0, 0.05) is 23.8 Å². The first-order valence-electron chi connectivity index (χ1n) is 9.18. The van der Waals surface area contributed by atoms with Crippen LogP contribution >= 0.6 is 23.4 Å². The van der Waals surface area contributed by atoms with Crippen molar-refractivity contribution in [3.05, 3.63) is 56.1 Å². The maximum Gasteiger partial charge on any atom is 0.326 e. The normalized spacial score (nSPS) is 16.1. The van der Waals surface area contributed by atoms with Gasteiger partial charge >= 0.3 is 5.97 Å². The highest BCUT2D eigenvalue weighted by Crippen LogP contribution is 2.35. The number of rotatable bonds is 7. The lowest BCUT2D eigenvalue weighted by atomic mass is 10.1. The van der Waals surface area contributed by atoms with Crippen LogP contribution in [0.2, 0.25) is 5.02 Å². The predicted molar refractivity (Wildman–Crippen MR) is 114 cm³/mol. The summed E-state index contributed by atoms with van der Waals surface area (Å²) in [6.45, 7) is 3.09. The topological polar surface area (TPSA) is 120 Å². The Hall–Kier alpha value is -3.11. The Morgan fingerprint density at radius 2 is 2.10 bits per heavy atom. The van der Waals surface area contributed by atoms with Crippen molar-refractivity contribution >= 4 is 52.2 Å². The Bertz CT molecular complexity index is 1090. The first kappa shape index (κ1) is 22.6. The van der Waals surface area contributed by atoms with Gasteiger partial charge in [-0.15, -0.1) is 0 Å². The number of halogens is 1. The summed E-state index contributed by atoms with van der Waals surface area (Å²) < 4.78 is 10.8. The minimum absolute atomic E-state index is 0.0763. The summed E-state index contributed by atoms with van der Waals surface area (Å²) in [6.07, 6.45) is 1.66. The minimum atomic E-state index is -0.668. The molecule has 1 aliphatic rings.